The third-order valence-electron chi connectivity index (χ3n) is 9.03. The zero-order chi connectivity index (χ0) is 34.3. The number of carbonyl (C=O) groups is 1. The molecule has 0 saturated heterocycles. The maximum Gasteiger partial charge on any atom is 0.187 e. The molecule has 48 heavy (non-hydrogen) atoms. The van der Waals surface area contributed by atoms with Crippen LogP contribution in [-0.4, -0.2) is 15.9 Å². The number of fused-ring (bicyclic) bond motifs is 2. The molecule has 0 spiro atoms. The zero-order valence-electron chi connectivity index (χ0n) is 29.4. The van der Waals surface area contributed by atoms with Gasteiger partial charge in [0.15, 0.2) is 11.5 Å². The SMILES string of the molecule is CCC(CC)C(=O)/C=C(\O)C(CC)CC.[C-]#[N+]c1ccc(-c2sc3c(-c4[c-]c5ccccc5c(C(C)(C)C)c4)nccc3c2C)cc1.[Ir]. The van der Waals surface area contributed by atoms with Crippen LogP contribution < -0.4 is 0 Å². The van der Waals surface area contributed by atoms with Gasteiger partial charge < -0.3 is 5.11 Å². The number of hydrogen-bond acceptors (Lipinski definition) is 4. The van der Waals surface area contributed by atoms with Gasteiger partial charge in [0.25, 0.3) is 0 Å². The van der Waals surface area contributed by atoms with Crippen LogP contribution in [0, 0.1) is 31.4 Å². The Morgan fingerprint density at radius 3 is 2.17 bits per heavy atom. The minimum absolute atomic E-state index is 0. The van der Waals surface area contributed by atoms with Crippen molar-refractivity contribution in [2.45, 2.75) is 86.5 Å². The number of ketones is 1. The Hall–Kier alpha value is -3.62. The number of nitrogens with zero attached hydrogens (tertiary/aromatic N) is 2. The number of aryl methyl sites for hydroxylation is 1. The van der Waals surface area contributed by atoms with Gasteiger partial charge in [-0.05, 0) is 60.6 Å². The van der Waals surface area contributed by atoms with Gasteiger partial charge in [0.1, 0.15) is 0 Å². The molecule has 253 valence electrons. The molecule has 0 saturated carbocycles. The first-order valence-corrected chi connectivity index (χ1v) is 17.5. The van der Waals surface area contributed by atoms with Crippen molar-refractivity contribution in [2.75, 3.05) is 0 Å². The third kappa shape index (κ3) is 8.69. The largest absolute Gasteiger partial charge is 0.512 e. The van der Waals surface area contributed by atoms with Crippen molar-refractivity contribution in [2.24, 2.45) is 11.8 Å². The van der Waals surface area contributed by atoms with Crippen molar-refractivity contribution < 1.29 is 30.0 Å². The Kier molecular flexibility index (Phi) is 13.9. The summed E-state index contributed by atoms with van der Waals surface area (Å²) in [5.74, 6) is 0.547. The van der Waals surface area contributed by atoms with E-state index in [1.807, 2.05) is 58.2 Å². The number of aliphatic hydroxyl groups excluding tert-OH is 1. The summed E-state index contributed by atoms with van der Waals surface area (Å²) in [6.07, 6.45) is 6.81. The summed E-state index contributed by atoms with van der Waals surface area (Å²) >= 11 is 1.77. The normalized spacial score (nSPS) is 11.7. The van der Waals surface area contributed by atoms with E-state index < -0.39 is 0 Å². The molecule has 6 heteroatoms. The second-order valence-electron chi connectivity index (χ2n) is 13.1. The van der Waals surface area contributed by atoms with E-state index in [1.165, 1.54) is 37.6 Å². The smallest absolute Gasteiger partial charge is 0.187 e. The van der Waals surface area contributed by atoms with E-state index >= 15 is 0 Å². The molecule has 4 nitrogen and oxygen atoms in total. The molecule has 0 aliphatic heterocycles. The maximum atomic E-state index is 11.7. The first kappa shape index (κ1) is 38.8. The number of benzene rings is 3. The van der Waals surface area contributed by atoms with Crippen molar-refractivity contribution >= 4 is 43.7 Å². The molecule has 2 aromatic heterocycles. The van der Waals surface area contributed by atoms with Crippen LogP contribution in [0.3, 0.4) is 0 Å². The van der Waals surface area contributed by atoms with Gasteiger partial charge >= 0.3 is 0 Å². The Balaban J connectivity index is 0.000000334. The van der Waals surface area contributed by atoms with Crippen molar-refractivity contribution in [3.05, 3.63) is 107 Å². The van der Waals surface area contributed by atoms with Crippen LogP contribution >= 0.6 is 11.3 Å². The number of rotatable bonds is 9. The number of hydrogen-bond donors (Lipinski definition) is 1. The summed E-state index contributed by atoms with van der Waals surface area (Å²) in [5, 5.41) is 13.4. The van der Waals surface area contributed by atoms with Crippen LogP contribution in [0.15, 0.2) is 78.7 Å². The van der Waals surface area contributed by atoms with Gasteiger partial charge in [0, 0.05) is 59.5 Å². The van der Waals surface area contributed by atoms with Crippen molar-refractivity contribution in [3.8, 4) is 21.7 Å². The zero-order valence-corrected chi connectivity index (χ0v) is 32.6. The molecule has 0 amide bonds. The molecule has 0 bridgehead atoms. The van der Waals surface area contributed by atoms with Gasteiger partial charge in [0.05, 0.1) is 12.3 Å². The second kappa shape index (κ2) is 17.2. The average Bonchev–Trinajstić information content (AvgIpc) is 3.41. The van der Waals surface area contributed by atoms with Crippen LogP contribution in [0.2, 0.25) is 0 Å². The van der Waals surface area contributed by atoms with Gasteiger partial charge in [0.2, 0.25) is 0 Å². The van der Waals surface area contributed by atoms with Crippen LogP contribution in [-0.2, 0) is 30.3 Å². The van der Waals surface area contributed by atoms with Crippen LogP contribution in [0.25, 0.3) is 47.4 Å². The van der Waals surface area contributed by atoms with E-state index in [-0.39, 0.29) is 48.9 Å². The molecule has 1 N–H and O–H groups in total. The van der Waals surface area contributed by atoms with Gasteiger partial charge in [-0.2, -0.15) is 0 Å². The number of pyridine rings is 1. The predicted octanol–water partition coefficient (Wildman–Crippen LogP) is 12.6. The van der Waals surface area contributed by atoms with Gasteiger partial charge in [-0.3, -0.25) is 9.78 Å². The van der Waals surface area contributed by atoms with E-state index in [0.717, 1.165) is 47.9 Å². The quantitative estimate of drug-likeness (QED) is 0.0914. The summed E-state index contributed by atoms with van der Waals surface area (Å²) < 4.78 is 1.18. The van der Waals surface area contributed by atoms with E-state index in [2.05, 4.69) is 75.0 Å². The maximum absolute atomic E-state index is 11.7. The minimum Gasteiger partial charge on any atom is -0.512 e. The van der Waals surface area contributed by atoms with Crippen molar-refractivity contribution in [1.29, 1.82) is 0 Å². The van der Waals surface area contributed by atoms with Gasteiger partial charge in [-0.1, -0.05) is 102 Å². The Morgan fingerprint density at radius 1 is 0.958 bits per heavy atom. The molecule has 5 aromatic rings. The summed E-state index contributed by atoms with van der Waals surface area (Å²) in [6, 6.07) is 24.4. The molecular weight excluding hydrogens is 789 g/mol. The number of aliphatic hydroxyl groups is 1. The molecule has 0 aliphatic rings. The van der Waals surface area contributed by atoms with E-state index in [0.29, 0.717) is 5.69 Å². The van der Waals surface area contributed by atoms with Crippen LogP contribution in [0.5, 0.6) is 0 Å². The summed E-state index contributed by atoms with van der Waals surface area (Å²) in [6.45, 7) is 24.2. The molecule has 3 aromatic carbocycles. The fourth-order valence-electron chi connectivity index (χ4n) is 6.06. The molecule has 2 heterocycles. The van der Waals surface area contributed by atoms with Gasteiger partial charge in [-0.15, -0.1) is 40.5 Å². The molecular formula is C42H47IrN2O2S-. The Bertz CT molecular complexity index is 1920. The minimum atomic E-state index is 0. The van der Waals surface area contributed by atoms with E-state index in [4.69, 9.17) is 11.6 Å². The van der Waals surface area contributed by atoms with E-state index in [9.17, 15) is 9.90 Å². The number of carbonyl (C=O) groups excluding carboxylic acids is 1. The van der Waals surface area contributed by atoms with E-state index in [1.54, 1.807) is 11.3 Å². The van der Waals surface area contributed by atoms with Crippen molar-refractivity contribution in [1.82, 2.24) is 4.98 Å². The number of aromatic nitrogens is 1. The van der Waals surface area contributed by atoms with Gasteiger partial charge in [-0.25, -0.2) is 4.85 Å². The fraction of sp³-hybridized carbons (Fsp3) is 0.357. The molecule has 1 radical (unpaired) electrons. The van der Waals surface area contributed by atoms with Crippen LogP contribution in [0.1, 0.15) is 85.3 Å². The topological polar surface area (TPSA) is 54.5 Å². The molecule has 5 rings (SSSR count). The predicted molar refractivity (Wildman–Crippen MR) is 200 cm³/mol. The summed E-state index contributed by atoms with van der Waals surface area (Å²) in [4.78, 5) is 21.3. The summed E-state index contributed by atoms with van der Waals surface area (Å²) in [7, 11) is 0. The Morgan fingerprint density at radius 2 is 1.58 bits per heavy atom. The molecule has 0 fully saturated rings. The third-order valence-corrected chi connectivity index (χ3v) is 10.4. The average molecular weight is 836 g/mol. The first-order valence-electron chi connectivity index (χ1n) is 16.7. The monoisotopic (exact) mass is 836 g/mol. The molecule has 0 atom stereocenters. The van der Waals surface area contributed by atoms with Crippen LogP contribution in [0.4, 0.5) is 5.69 Å². The Labute approximate surface area is 304 Å². The summed E-state index contributed by atoms with van der Waals surface area (Å²) in [5.41, 5.74) is 6.39. The fourth-order valence-corrected chi connectivity index (χ4v) is 7.37. The number of allylic oxidation sites excluding steroid dienone is 2. The second-order valence-corrected chi connectivity index (χ2v) is 14.2. The van der Waals surface area contributed by atoms with Crippen molar-refractivity contribution in [3.63, 3.8) is 0 Å². The standard InChI is InChI=1S/C29H23N2S.C13H24O2.Ir/c1-18-23-14-15-31-26(28(23)32-27(18)19-10-12-22(30-5)13-11-19)21-16-20-8-6-7-9-24(20)25(17-21)29(2,3)4;1-5-10(6-2)12(14)9-13(15)11(7-3)8-4;/h6-15,17H,1-4H3;9-11,14H,5-8H2,1-4H3;/q-1;;/b;12-9-;. The number of thiophene rings is 1. The first-order chi connectivity index (χ1) is 22.5. The molecule has 0 unspecified atom stereocenters. The molecule has 0 aliphatic carbocycles.